The van der Waals surface area contributed by atoms with Crippen LogP contribution in [0.25, 0.3) is 0 Å². The summed E-state index contributed by atoms with van der Waals surface area (Å²) in [4.78, 5) is 2.63. The number of nitrogens with zero attached hydrogens (tertiary/aromatic N) is 1. The van der Waals surface area contributed by atoms with Crippen molar-refractivity contribution in [3.05, 3.63) is 0 Å². The van der Waals surface area contributed by atoms with Crippen LogP contribution < -0.4 is 0 Å². The summed E-state index contributed by atoms with van der Waals surface area (Å²) in [7, 11) is 0. The average Bonchev–Trinajstić information content (AvgIpc) is 1.96. The summed E-state index contributed by atoms with van der Waals surface area (Å²) < 4.78 is 0. The minimum absolute atomic E-state index is 0.436. The highest BCUT2D eigenvalue weighted by atomic mass is 15.3. The van der Waals surface area contributed by atoms with E-state index in [4.69, 9.17) is 0 Å². The Morgan fingerprint density at radius 3 is 2.15 bits per heavy atom. The fourth-order valence-electron chi connectivity index (χ4n) is 2.18. The van der Waals surface area contributed by atoms with Gasteiger partial charge in [-0.3, -0.25) is 4.90 Å². The van der Waals surface area contributed by atoms with Crippen molar-refractivity contribution in [2.75, 3.05) is 13.1 Å². The van der Waals surface area contributed by atoms with E-state index in [1.807, 2.05) is 0 Å². The van der Waals surface area contributed by atoms with Gasteiger partial charge in [-0.1, -0.05) is 33.6 Å². The third kappa shape index (κ3) is 2.70. The summed E-state index contributed by atoms with van der Waals surface area (Å²) in [6.07, 6.45) is 4.03. The maximum atomic E-state index is 2.63. The summed E-state index contributed by atoms with van der Waals surface area (Å²) in [6, 6.07) is 0. The number of likely N-dealkylation sites (tertiary alicyclic amines) is 1. The average molecular weight is 183 g/mol. The van der Waals surface area contributed by atoms with Crippen molar-refractivity contribution in [3.63, 3.8) is 0 Å². The molecule has 0 unspecified atom stereocenters. The van der Waals surface area contributed by atoms with Crippen LogP contribution in [0.4, 0.5) is 0 Å². The SMILES string of the molecule is CCCCC(C)(C)N1CC(C)(C)C1. The van der Waals surface area contributed by atoms with E-state index in [9.17, 15) is 0 Å². The minimum atomic E-state index is 0.436. The molecule has 1 aliphatic rings. The molecule has 0 amide bonds. The van der Waals surface area contributed by atoms with Gasteiger partial charge in [0, 0.05) is 18.6 Å². The zero-order chi connectivity index (χ0) is 10.1. The van der Waals surface area contributed by atoms with Gasteiger partial charge in [0.15, 0.2) is 0 Å². The second kappa shape index (κ2) is 3.61. The first-order chi connectivity index (χ1) is 5.87. The molecule has 1 nitrogen and oxygen atoms in total. The van der Waals surface area contributed by atoms with Crippen molar-refractivity contribution < 1.29 is 0 Å². The van der Waals surface area contributed by atoms with Gasteiger partial charge in [-0.15, -0.1) is 0 Å². The Morgan fingerprint density at radius 2 is 1.77 bits per heavy atom. The Bertz CT molecular complexity index is 162. The lowest BCUT2D eigenvalue weighted by atomic mass is 9.79. The highest BCUT2D eigenvalue weighted by molar-refractivity contribution is 4.95. The van der Waals surface area contributed by atoms with Crippen LogP contribution in [0.1, 0.15) is 53.9 Å². The molecule has 1 aliphatic heterocycles. The molecule has 0 aromatic heterocycles. The maximum absolute atomic E-state index is 2.63. The fraction of sp³-hybridized carbons (Fsp3) is 1.00. The molecule has 1 saturated heterocycles. The number of unbranched alkanes of at least 4 members (excludes halogenated alkanes) is 1. The van der Waals surface area contributed by atoms with E-state index in [1.54, 1.807) is 0 Å². The van der Waals surface area contributed by atoms with Crippen molar-refractivity contribution >= 4 is 0 Å². The van der Waals surface area contributed by atoms with Crippen LogP contribution in [0, 0.1) is 5.41 Å². The molecule has 13 heavy (non-hydrogen) atoms. The van der Waals surface area contributed by atoms with E-state index in [-0.39, 0.29) is 0 Å². The van der Waals surface area contributed by atoms with Gasteiger partial charge in [0.25, 0.3) is 0 Å². The van der Waals surface area contributed by atoms with E-state index in [0.717, 1.165) is 0 Å². The van der Waals surface area contributed by atoms with Crippen LogP contribution in [0.5, 0.6) is 0 Å². The molecule has 1 rings (SSSR count). The van der Waals surface area contributed by atoms with Crippen LogP contribution in [-0.2, 0) is 0 Å². The van der Waals surface area contributed by atoms with Crippen LogP contribution in [0.2, 0.25) is 0 Å². The fourth-order valence-corrected chi connectivity index (χ4v) is 2.18. The van der Waals surface area contributed by atoms with E-state index < -0.39 is 0 Å². The Labute approximate surface area is 83.5 Å². The lowest BCUT2D eigenvalue weighted by Crippen LogP contribution is -2.61. The lowest BCUT2D eigenvalue weighted by molar-refractivity contribution is -0.0488. The second-order valence-corrected chi connectivity index (χ2v) is 5.94. The number of hydrogen-bond donors (Lipinski definition) is 0. The molecule has 0 aliphatic carbocycles. The monoisotopic (exact) mass is 183 g/mol. The quantitative estimate of drug-likeness (QED) is 0.646. The van der Waals surface area contributed by atoms with Gasteiger partial charge in [-0.05, 0) is 25.7 Å². The first-order valence-corrected chi connectivity index (χ1v) is 5.62. The van der Waals surface area contributed by atoms with Gasteiger partial charge in [0.2, 0.25) is 0 Å². The number of hydrogen-bond acceptors (Lipinski definition) is 1. The highest BCUT2D eigenvalue weighted by Crippen LogP contribution is 2.36. The topological polar surface area (TPSA) is 3.24 Å². The summed E-state index contributed by atoms with van der Waals surface area (Å²) in [6.45, 7) is 14.3. The van der Waals surface area contributed by atoms with E-state index in [0.29, 0.717) is 11.0 Å². The minimum Gasteiger partial charge on any atom is -0.297 e. The van der Waals surface area contributed by atoms with E-state index >= 15 is 0 Å². The predicted octanol–water partition coefficient (Wildman–Crippen LogP) is 3.30. The zero-order valence-electron chi connectivity index (χ0n) is 9.98. The maximum Gasteiger partial charge on any atom is 0.0153 e. The molecular weight excluding hydrogens is 158 g/mol. The van der Waals surface area contributed by atoms with Crippen LogP contribution in [-0.4, -0.2) is 23.5 Å². The first-order valence-electron chi connectivity index (χ1n) is 5.62. The molecule has 0 saturated carbocycles. The highest BCUT2D eigenvalue weighted by Gasteiger charge is 2.41. The van der Waals surface area contributed by atoms with Gasteiger partial charge in [-0.2, -0.15) is 0 Å². The second-order valence-electron chi connectivity index (χ2n) is 5.94. The van der Waals surface area contributed by atoms with Crippen molar-refractivity contribution in [2.45, 2.75) is 59.4 Å². The molecule has 0 aromatic rings. The summed E-state index contributed by atoms with van der Waals surface area (Å²) in [5, 5.41) is 0. The summed E-state index contributed by atoms with van der Waals surface area (Å²) >= 11 is 0. The Hall–Kier alpha value is -0.0400. The molecule has 1 fully saturated rings. The third-order valence-corrected chi connectivity index (χ3v) is 3.24. The standard InChI is InChI=1S/C12H25N/c1-6-7-8-12(4,5)13-9-11(2,3)10-13/h6-10H2,1-5H3. The molecule has 0 bridgehead atoms. The van der Waals surface area contributed by atoms with Gasteiger partial charge in [0.05, 0.1) is 0 Å². The van der Waals surface area contributed by atoms with Crippen LogP contribution >= 0.6 is 0 Å². The van der Waals surface area contributed by atoms with Crippen LogP contribution in [0.15, 0.2) is 0 Å². The predicted molar refractivity (Wildman–Crippen MR) is 59.0 cm³/mol. The van der Waals surface area contributed by atoms with Crippen molar-refractivity contribution in [2.24, 2.45) is 5.41 Å². The molecule has 0 spiro atoms. The number of rotatable bonds is 4. The molecule has 1 heteroatoms. The first kappa shape index (κ1) is 11.0. The summed E-state index contributed by atoms with van der Waals surface area (Å²) in [5.41, 5.74) is 1.01. The smallest absolute Gasteiger partial charge is 0.0153 e. The largest absolute Gasteiger partial charge is 0.297 e. The lowest BCUT2D eigenvalue weighted by Gasteiger charge is -2.54. The van der Waals surface area contributed by atoms with Crippen LogP contribution in [0.3, 0.4) is 0 Å². The van der Waals surface area contributed by atoms with Crippen molar-refractivity contribution in [3.8, 4) is 0 Å². The van der Waals surface area contributed by atoms with Gasteiger partial charge < -0.3 is 0 Å². The zero-order valence-corrected chi connectivity index (χ0v) is 9.98. The summed E-state index contributed by atoms with van der Waals surface area (Å²) in [5.74, 6) is 0. The van der Waals surface area contributed by atoms with Gasteiger partial charge in [-0.25, -0.2) is 0 Å². The Kier molecular flexibility index (Phi) is 3.06. The molecule has 0 N–H and O–H groups in total. The third-order valence-electron chi connectivity index (χ3n) is 3.24. The molecule has 0 atom stereocenters. The van der Waals surface area contributed by atoms with Gasteiger partial charge in [0.1, 0.15) is 0 Å². The van der Waals surface area contributed by atoms with E-state index in [1.165, 1.54) is 32.4 Å². The van der Waals surface area contributed by atoms with Gasteiger partial charge >= 0.3 is 0 Å². The molecule has 1 heterocycles. The van der Waals surface area contributed by atoms with Crippen molar-refractivity contribution in [1.29, 1.82) is 0 Å². The van der Waals surface area contributed by atoms with Crippen molar-refractivity contribution in [1.82, 2.24) is 4.90 Å². The Morgan fingerprint density at radius 1 is 1.23 bits per heavy atom. The Balaban J connectivity index is 2.35. The normalized spacial score (nSPS) is 22.8. The molecule has 0 radical (unpaired) electrons. The van der Waals surface area contributed by atoms with E-state index in [2.05, 4.69) is 39.5 Å². The molecule has 78 valence electrons. The molecular formula is C12H25N. The molecule has 0 aromatic carbocycles.